The molecule has 5 rings (SSSR count). The van der Waals surface area contributed by atoms with Gasteiger partial charge in [0.1, 0.15) is 6.10 Å². The van der Waals surface area contributed by atoms with Crippen LogP contribution in [-0.4, -0.2) is 29.0 Å². The van der Waals surface area contributed by atoms with Gasteiger partial charge in [0, 0.05) is 6.42 Å². The van der Waals surface area contributed by atoms with Crippen LogP contribution in [0.15, 0.2) is 54.6 Å². The van der Waals surface area contributed by atoms with Crippen LogP contribution in [0.3, 0.4) is 0 Å². The Morgan fingerprint density at radius 2 is 1.54 bits per heavy atom. The van der Waals surface area contributed by atoms with Crippen molar-refractivity contribution in [1.29, 1.82) is 0 Å². The highest BCUT2D eigenvalue weighted by Crippen LogP contribution is 2.41. The smallest absolute Gasteiger partial charge is 0.107 e. The van der Waals surface area contributed by atoms with Gasteiger partial charge in [0.15, 0.2) is 0 Å². The Balaban J connectivity index is 1.79. The van der Waals surface area contributed by atoms with Gasteiger partial charge in [-0.2, -0.15) is 0 Å². The third kappa shape index (κ3) is 1.89. The van der Waals surface area contributed by atoms with Gasteiger partial charge in [-0.05, 0) is 37.9 Å². The van der Waals surface area contributed by atoms with Crippen molar-refractivity contribution < 1.29 is 14.9 Å². The third-order valence-corrected chi connectivity index (χ3v) is 5.31. The van der Waals surface area contributed by atoms with Crippen LogP contribution >= 0.6 is 0 Å². The van der Waals surface area contributed by atoms with E-state index in [1.807, 2.05) is 0 Å². The number of benzene rings is 4. The molecular weight excluding hydrogens is 300 g/mol. The molecule has 0 aliphatic carbocycles. The number of rotatable bonds is 2. The Hall–Kier alpha value is -2.20. The molecule has 0 spiro atoms. The molecule has 1 aliphatic heterocycles. The summed E-state index contributed by atoms with van der Waals surface area (Å²) in [6, 6.07) is 19.2. The minimum Gasteiger partial charge on any atom is -0.394 e. The summed E-state index contributed by atoms with van der Waals surface area (Å²) < 4.78 is 5.90. The second-order valence-electron chi connectivity index (χ2n) is 6.66. The molecule has 1 unspecified atom stereocenters. The maximum atomic E-state index is 10.1. The van der Waals surface area contributed by atoms with Crippen molar-refractivity contribution in [2.45, 2.75) is 24.7 Å². The highest BCUT2D eigenvalue weighted by atomic mass is 16.5. The monoisotopic (exact) mass is 318 g/mol. The fourth-order valence-electron chi connectivity index (χ4n) is 4.13. The van der Waals surface area contributed by atoms with Crippen LogP contribution in [-0.2, 0) is 4.74 Å². The highest BCUT2D eigenvalue weighted by molar-refractivity contribution is 6.23. The molecular formula is C21H18O3. The zero-order valence-corrected chi connectivity index (χ0v) is 13.1. The van der Waals surface area contributed by atoms with Gasteiger partial charge in [0.25, 0.3) is 0 Å². The SMILES string of the molecule is OC[C@H]1O[C@@H](c2ccc3ccc4cccc5ccc2c3c45)CC1O. The van der Waals surface area contributed by atoms with Crippen molar-refractivity contribution in [1.82, 2.24) is 0 Å². The fraction of sp³-hybridized carbons (Fsp3) is 0.238. The van der Waals surface area contributed by atoms with Crippen molar-refractivity contribution >= 4 is 32.3 Å². The Labute approximate surface area is 139 Å². The van der Waals surface area contributed by atoms with E-state index >= 15 is 0 Å². The standard InChI is InChI=1S/C21H18O3/c22-11-19-17(23)10-18(24-19)15-8-6-14-5-4-12-2-1-3-13-7-9-16(15)21(14)20(12)13/h1-9,17-19,22-23H,10-11H2/t17?,18-,19-/m1/s1. The largest absolute Gasteiger partial charge is 0.394 e. The first-order valence-electron chi connectivity index (χ1n) is 8.37. The van der Waals surface area contributed by atoms with E-state index in [4.69, 9.17) is 4.74 Å². The second-order valence-corrected chi connectivity index (χ2v) is 6.66. The molecule has 1 saturated heterocycles. The zero-order chi connectivity index (χ0) is 16.3. The first kappa shape index (κ1) is 14.2. The molecule has 3 nitrogen and oxygen atoms in total. The third-order valence-electron chi connectivity index (χ3n) is 5.31. The highest BCUT2D eigenvalue weighted by Gasteiger charge is 2.35. The van der Waals surface area contributed by atoms with Crippen LogP contribution in [0.4, 0.5) is 0 Å². The van der Waals surface area contributed by atoms with E-state index in [1.165, 1.54) is 32.3 Å². The lowest BCUT2D eigenvalue weighted by atomic mass is 9.90. The lowest BCUT2D eigenvalue weighted by Crippen LogP contribution is -2.24. The molecule has 4 aromatic carbocycles. The number of ether oxygens (including phenoxy) is 1. The van der Waals surface area contributed by atoms with Crippen molar-refractivity contribution in [3.8, 4) is 0 Å². The average molecular weight is 318 g/mol. The maximum Gasteiger partial charge on any atom is 0.107 e. The molecule has 0 aromatic heterocycles. The molecule has 2 N–H and O–H groups in total. The van der Waals surface area contributed by atoms with E-state index in [0.717, 1.165) is 5.56 Å². The molecule has 0 bridgehead atoms. The Morgan fingerprint density at radius 1 is 0.875 bits per heavy atom. The number of hydrogen-bond donors (Lipinski definition) is 2. The van der Waals surface area contributed by atoms with Crippen molar-refractivity contribution in [2.75, 3.05) is 6.61 Å². The van der Waals surface area contributed by atoms with E-state index in [2.05, 4.69) is 54.6 Å². The van der Waals surface area contributed by atoms with Crippen molar-refractivity contribution in [3.05, 3.63) is 60.2 Å². The van der Waals surface area contributed by atoms with E-state index in [0.29, 0.717) is 6.42 Å². The zero-order valence-electron chi connectivity index (χ0n) is 13.1. The van der Waals surface area contributed by atoms with E-state index in [9.17, 15) is 10.2 Å². The Bertz CT molecular complexity index is 1020. The van der Waals surface area contributed by atoms with Gasteiger partial charge < -0.3 is 14.9 Å². The lowest BCUT2D eigenvalue weighted by molar-refractivity contribution is -0.0222. The summed E-state index contributed by atoms with van der Waals surface area (Å²) in [6.45, 7) is -0.149. The van der Waals surface area contributed by atoms with Gasteiger partial charge in [0.2, 0.25) is 0 Å². The lowest BCUT2D eigenvalue weighted by Gasteiger charge is -2.18. The van der Waals surface area contributed by atoms with E-state index in [-0.39, 0.29) is 12.7 Å². The predicted octanol–water partition coefficient (Wildman–Crippen LogP) is 3.77. The van der Waals surface area contributed by atoms with Crippen LogP contribution in [0.5, 0.6) is 0 Å². The molecule has 24 heavy (non-hydrogen) atoms. The molecule has 120 valence electrons. The summed E-state index contributed by atoms with van der Waals surface area (Å²) in [4.78, 5) is 0. The van der Waals surface area contributed by atoms with Crippen LogP contribution in [0.1, 0.15) is 18.1 Å². The molecule has 1 fully saturated rings. The Kier molecular flexibility index (Phi) is 3.04. The summed E-state index contributed by atoms with van der Waals surface area (Å²) in [6.07, 6.45) is -0.760. The van der Waals surface area contributed by atoms with Gasteiger partial charge in [-0.25, -0.2) is 0 Å². The van der Waals surface area contributed by atoms with Gasteiger partial charge in [0.05, 0.1) is 18.8 Å². The van der Waals surface area contributed by atoms with Gasteiger partial charge in [-0.3, -0.25) is 0 Å². The summed E-state index contributed by atoms with van der Waals surface area (Å²) in [5.74, 6) is 0. The summed E-state index contributed by atoms with van der Waals surface area (Å²) >= 11 is 0. The maximum absolute atomic E-state index is 10.1. The molecule has 0 saturated carbocycles. The molecule has 4 aromatic rings. The normalized spacial score (nSPS) is 24.5. The minimum atomic E-state index is -0.612. The number of hydrogen-bond acceptors (Lipinski definition) is 3. The predicted molar refractivity (Wildman–Crippen MR) is 95.5 cm³/mol. The quantitative estimate of drug-likeness (QED) is 0.553. The first-order valence-corrected chi connectivity index (χ1v) is 8.37. The topological polar surface area (TPSA) is 49.7 Å². The fourth-order valence-corrected chi connectivity index (χ4v) is 4.13. The van der Waals surface area contributed by atoms with Gasteiger partial charge in [-0.1, -0.05) is 54.6 Å². The summed E-state index contributed by atoms with van der Waals surface area (Å²) in [5, 5.41) is 26.8. The Morgan fingerprint density at radius 3 is 2.25 bits per heavy atom. The molecule has 3 heteroatoms. The van der Waals surface area contributed by atoms with Crippen molar-refractivity contribution in [2.24, 2.45) is 0 Å². The van der Waals surface area contributed by atoms with E-state index in [1.54, 1.807) is 0 Å². The summed E-state index contributed by atoms with van der Waals surface area (Å²) in [7, 11) is 0. The van der Waals surface area contributed by atoms with Gasteiger partial charge in [-0.15, -0.1) is 0 Å². The molecule has 3 atom stereocenters. The second kappa shape index (κ2) is 5.15. The number of aliphatic hydroxyl groups excluding tert-OH is 2. The first-order chi connectivity index (χ1) is 11.8. The molecule has 1 heterocycles. The van der Waals surface area contributed by atoms with Crippen molar-refractivity contribution in [3.63, 3.8) is 0 Å². The molecule has 0 amide bonds. The molecule has 1 aliphatic rings. The van der Waals surface area contributed by atoms with Gasteiger partial charge >= 0.3 is 0 Å². The van der Waals surface area contributed by atoms with E-state index < -0.39 is 12.2 Å². The number of aliphatic hydroxyl groups is 2. The van der Waals surface area contributed by atoms with Crippen LogP contribution in [0.25, 0.3) is 32.3 Å². The minimum absolute atomic E-state index is 0.149. The van der Waals surface area contributed by atoms with Crippen LogP contribution < -0.4 is 0 Å². The van der Waals surface area contributed by atoms with Crippen LogP contribution in [0.2, 0.25) is 0 Å². The molecule has 0 radical (unpaired) electrons. The van der Waals surface area contributed by atoms with Crippen LogP contribution in [0, 0.1) is 0 Å². The average Bonchev–Trinajstić information content (AvgIpc) is 3.00. The summed E-state index contributed by atoms with van der Waals surface area (Å²) in [5.41, 5.74) is 1.09.